The second kappa shape index (κ2) is 6.36. The van der Waals surface area contributed by atoms with Gasteiger partial charge in [-0.1, -0.05) is 0 Å². The van der Waals surface area contributed by atoms with Gasteiger partial charge in [0.25, 0.3) is 0 Å². The molecule has 1 atom stereocenters. The molecule has 0 saturated heterocycles. The second-order valence-corrected chi connectivity index (χ2v) is 7.04. The zero-order chi connectivity index (χ0) is 14.6. The van der Waals surface area contributed by atoms with Crippen LogP contribution < -0.4 is 11.1 Å². The number of aromatic nitrogens is 1. The molecule has 1 heterocycles. The maximum atomic E-state index is 11.7. The first kappa shape index (κ1) is 15.9. The minimum Gasteiger partial charge on any atom is -0.480 e. The number of hydrogen-bond donors (Lipinski definition) is 3. The van der Waals surface area contributed by atoms with Crippen molar-refractivity contribution in [2.45, 2.75) is 31.6 Å². The molecule has 0 radical (unpaired) electrons. The maximum absolute atomic E-state index is 11.7. The molecule has 0 aliphatic heterocycles. The highest BCUT2D eigenvalue weighted by Crippen LogP contribution is 2.27. The van der Waals surface area contributed by atoms with Crippen molar-refractivity contribution in [1.29, 1.82) is 0 Å². The molecular weight excluding hydrogens is 286 g/mol. The number of nitrogens with one attached hydrogen (secondary N) is 1. The number of amides is 1. The van der Waals surface area contributed by atoms with Crippen LogP contribution in [0.4, 0.5) is 5.13 Å². The Hall–Kier alpha value is -1.12. The van der Waals surface area contributed by atoms with Gasteiger partial charge in [0.2, 0.25) is 5.91 Å². The Kier molecular flexibility index (Phi) is 5.33. The van der Waals surface area contributed by atoms with Crippen LogP contribution in [-0.4, -0.2) is 38.5 Å². The Balaban J connectivity index is 2.48. The topological polar surface area (TPSA) is 105 Å². The molecule has 0 aliphatic carbocycles. The van der Waals surface area contributed by atoms with Crippen molar-refractivity contribution < 1.29 is 14.7 Å². The van der Waals surface area contributed by atoms with Crippen molar-refractivity contribution in [3.8, 4) is 0 Å². The van der Waals surface area contributed by atoms with Crippen LogP contribution >= 0.6 is 23.1 Å². The summed E-state index contributed by atoms with van der Waals surface area (Å²) in [5, 5.41) is 13.9. The first-order chi connectivity index (χ1) is 8.72. The van der Waals surface area contributed by atoms with Crippen LogP contribution in [-0.2, 0) is 9.59 Å². The molecule has 0 aliphatic rings. The summed E-state index contributed by atoms with van der Waals surface area (Å²) in [6, 6.07) is -1.02. The number of aliphatic carboxylic acids is 1. The lowest BCUT2D eigenvalue weighted by Crippen LogP contribution is -2.47. The molecule has 4 N–H and O–H groups in total. The predicted molar refractivity (Wildman–Crippen MR) is 77.6 cm³/mol. The Bertz CT molecular complexity index is 474. The smallest absolute Gasteiger partial charge is 0.321 e. The van der Waals surface area contributed by atoms with Crippen LogP contribution in [0.1, 0.15) is 19.5 Å². The van der Waals surface area contributed by atoms with E-state index in [0.29, 0.717) is 5.13 Å². The number of rotatable bonds is 6. The van der Waals surface area contributed by atoms with E-state index in [0.717, 1.165) is 5.69 Å². The largest absolute Gasteiger partial charge is 0.480 e. The van der Waals surface area contributed by atoms with E-state index in [4.69, 9.17) is 10.8 Å². The summed E-state index contributed by atoms with van der Waals surface area (Å²) in [6.45, 7) is 5.25. The van der Waals surface area contributed by atoms with Gasteiger partial charge in [0.15, 0.2) is 5.13 Å². The number of hydrogen-bond acceptors (Lipinski definition) is 6. The second-order valence-electron chi connectivity index (χ2n) is 4.55. The number of nitrogens with zero attached hydrogens (tertiary/aromatic N) is 1. The molecule has 0 bridgehead atoms. The molecule has 6 nitrogen and oxygen atoms in total. The van der Waals surface area contributed by atoms with Crippen molar-refractivity contribution in [3.63, 3.8) is 0 Å². The summed E-state index contributed by atoms with van der Waals surface area (Å²) < 4.78 is -0.720. The zero-order valence-corrected chi connectivity index (χ0v) is 12.6. The third-order valence-corrected chi connectivity index (χ3v) is 4.74. The third kappa shape index (κ3) is 4.81. The van der Waals surface area contributed by atoms with Gasteiger partial charge in [0.1, 0.15) is 6.04 Å². The summed E-state index contributed by atoms with van der Waals surface area (Å²) in [5.74, 6) is -1.16. The summed E-state index contributed by atoms with van der Waals surface area (Å²) in [7, 11) is 0. The van der Waals surface area contributed by atoms with Crippen molar-refractivity contribution in [2.24, 2.45) is 5.73 Å². The number of thiazole rings is 1. The summed E-state index contributed by atoms with van der Waals surface area (Å²) in [6.07, 6.45) is 0. The van der Waals surface area contributed by atoms with Crippen LogP contribution in [0.5, 0.6) is 0 Å². The summed E-state index contributed by atoms with van der Waals surface area (Å²) in [4.78, 5) is 26.7. The Morgan fingerprint density at radius 1 is 1.63 bits per heavy atom. The van der Waals surface area contributed by atoms with Crippen molar-refractivity contribution in [2.75, 3.05) is 11.1 Å². The van der Waals surface area contributed by atoms with Crippen LogP contribution in [0.3, 0.4) is 0 Å². The average Bonchev–Trinajstić information content (AvgIpc) is 2.71. The van der Waals surface area contributed by atoms with Gasteiger partial charge in [-0.3, -0.25) is 9.59 Å². The number of carboxylic acid groups (broad SMARTS) is 1. The van der Waals surface area contributed by atoms with Gasteiger partial charge in [-0.25, -0.2) is 4.98 Å². The predicted octanol–water partition coefficient (Wildman–Crippen LogP) is 1.31. The summed E-state index contributed by atoms with van der Waals surface area (Å²) >= 11 is 2.56. The monoisotopic (exact) mass is 303 g/mol. The fourth-order valence-corrected chi connectivity index (χ4v) is 2.77. The maximum Gasteiger partial charge on any atom is 0.321 e. The lowest BCUT2D eigenvalue weighted by Gasteiger charge is -2.27. The normalized spacial score (nSPS) is 13.1. The number of thioether (sulfide) groups is 1. The molecule has 0 spiro atoms. The van der Waals surface area contributed by atoms with E-state index in [-0.39, 0.29) is 11.7 Å². The number of anilines is 1. The quantitative estimate of drug-likeness (QED) is 0.732. The molecule has 19 heavy (non-hydrogen) atoms. The van der Waals surface area contributed by atoms with E-state index in [9.17, 15) is 9.59 Å². The molecule has 0 unspecified atom stereocenters. The van der Waals surface area contributed by atoms with Gasteiger partial charge in [0.05, 0.1) is 11.4 Å². The molecule has 106 valence electrons. The third-order valence-electron chi connectivity index (χ3n) is 2.46. The Morgan fingerprint density at radius 3 is 2.74 bits per heavy atom. The highest BCUT2D eigenvalue weighted by atomic mass is 32.2. The van der Waals surface area contributed by atoms with E-state index in [1.54, 1.807) is 13.8 Å². The number of carbonyl (C=O) groups excluding carboxylic acids is 1. The van der Waals surface area contributed by atoms with E-state index in [2.05, 4.69) is 10.3 Å². The highest BCUT2D eigenvalue weighted by molar-refractivity contribution is 8.01. The first-order valence-corrected chi connectivity index (χ1v) is 7.43. The zero-order valence-electron chi connectivity index (χ0n) is 11.0. The highest BCUT2D eigenvalue weighted by Gasteiger charge is 2.33. The molecule has 1 aromatic heterocycles. The minimum atomic E-state index is -1.08. The van der Waals surface area contributed by atoms with Crippen LogP contribution in [0.15, 0.2) is 5.38 Å². The van der Waals surface area contributed by atoms with Gasteiger partial charge in [-0.05, 0) is 20.8 Å². The SMILES string of the molecule is Cc1csc(NC(=O)CSC(C)(C)[C@@H](N)C(=O)O)n1. The molecule has 1 aromatic rings. The van der Waals surface area contributed by atoms with Crippen molar-refractivity contribution >= 4 is 40.1 Å². The van der Waals surface area contributed by atoms with Crippen molar-refractivity contribution in [1.82, 2.24) is 4.98 Å². The molecule has 8 heteroatoms. The fourth-order valence-electron chi connectivity index (χ4n) is 1.21. The molecule has 1 rings (SSSR count). The average molecular weight is 303 g/mol. The van der Waals surface area contributed by atoms with Crippen LogP contribution in [0.25, 0.3) is 0 Å². The van der Waals surface area contributed by atoms with Crippen molar-refractivity contribution in [3.05, 3.63) is 11.1 Å². The fraction of sp³-hybridized carbons (Fsp3) is 0.545. The first-order valence-electron chi connectivity index (χ1n) is 5.56. The number of carbonyl (C=O) groups is 2. The van der Waals surface area contributed by atoms with Gasteiger partial charge in [0, 0.05) is 10.1 Å². The van der Waals surface area contributed by atoms with E-state index < -0.39 is 16.8 Å². The van der Waals surface area contributed by atoms with Gasteiger partial charge < -0.3 is 16.2 Å². The molecule has 0 aromatic carbocycles. The number of nitrogens with two attached hydrogens (primary N) is 1. The van der Waals surface area contributed by atoms with Crippen LogP contribution in [0.2, 0.25) is 0 Å². The van der Waals surface area contributed by atoms with Gasteiger partial charge in [-0.15, -0.1) is 23.1 Å². The Morgan fingerprint density at radius 2 is 2.26 bits per heavy atom. The van der Waals surface area contributed by atoms with E-state index in [1.165, 1.54) is 23.1 Å². The molecule has 0 saturated carbocycles. The lowest BCUT2D eigenvalue weighted by molar-refractivity contribution is -0.139. The Labute approximate surface area is 119 Å². The lowest BCUT2D eigenvalue weighted by atomic mass is 10.1. The number of carboxylic acids is 1. The molecular formula is C11H17N3O3S2. The summed E-state index contributed by atoms with van der Waals surface area (Å²) in [5.41, 5.74) is 6.42. The molecule has 0 fully saturated rings. The van der Waals surface area contributed by atoms with Gasteiger partial charge in [-0.2, -0.15) is 0 Å². The standard InChI is InChI=1S/C11H17N3O3S2/c1-6-4-18-10(13-6)14-7(15)5-19-11(2,3)8(12)9(16)17/h4,8H,5,12H2,1-3H3,(H,16,17)(H,13,14,15)/t8-/m0/s1. The minimum absolute atomic E-state index is 0.132. The van der Waals surface area contributed by atoms with E-state index in [1.807, 2.05) is 12.3 Å². The van der Waals surface area contributed by atoms with Crippen LogP contribution in [0, 0.1) is 6.92 Å². The van der Waals surface area contributed by atoms with E-state index >= 15 is 0 Å². The number of aryl methyl sites for hydroxylation is 1. The molecule has 1 amide bonds. The van der Waals surface area contributed by atoms with Gasteiger partial charge >= 0.3 is 5.97 Å².